The summed E-state index contributed by atoms with van der Waals surface area (Å²) < 4.78 is 5.63. The molecule has 0 aromatic heterocycles. The number of fused-ring (bicyclic) bond motifs is 3. The number of carbonyl (C=O) groups excluding carboxylic acids is 1. The zero-order chi connectivity index (χ0) is 12.8. The van der Waals surface area contributed by atoms with Gasteiger partial charge in [-0.25, -0.2) is 0 Å². The molecule has 1 N–H and O–H groups in total. The average molecular weight is 270 g/mol. The number of ether oxygens (including phenoxy) is 1. The summed E-state index contributed by atoms with van der Waals surface area (Å²) >= 11 is 1.77. The third kappa shape index (κ3) is 2.02. The fraction of sp³-hybridized carbons (Fsp3) is 0.846. The second-order valence-corrected chi connectivity index (χ2v) is 7.09. The molecule has 0 amide bonds. The summed E-state index contributed by atoms with van der Waals surface area (Å²) in [5.74, 6) is 1.05. The lowest BCUT2D eigenvalue weighted by atomic mass is 9.82. The first-order valence-corrected chi connectivity index (χ1v) is 7.69. The Morgan fingerprint density at radius 2 is 2.33 bits per heavy atom. The van der Waals surface area contributed by atoms with Crippen molar-refractivity contribution in [3.05, 3.63) is 0 Å². The maximum atomic E-state index is 11.4. The fourth-order valence-corrected chi connectivity index (χ4v) is 5.58. The van der Waals surface area contributed by atoms with Gasteiger partial charge >= 0.3 is 11.9 Å². The van der Waals surface area contributed by atoms with Crippen molar-refractivity contribution in [2.45, 2.75) is 49.4 Å². The zero-order valence-electron chi connectivity index (χ0n) is 10.3. The molecular formula is C13H18O4S. The molecule has 3 rings (SSSR count). The van der Waals surface area contributed by atoms with Gasteiger partial charge in [0.2, 0.25) is 0 Å². The number of thioether (sulfide) groups is 1. The first-order chi connectivity index (χ1) is 8.59. The SMILES string of the molecule is O=C(O)CCSC1CC2CC1C1(CCC(=O)O1)C2. The summed E-state index contributed by atoms with van der Waals surface area (Å²) in [6.45, 7) is 0. The molecule has 1 aliphatic heterocycles. The summed E-state index contributed by atoms with van der Waals surface area (Å²) in [5, 5.41) is 9.17. The summed E-state index contributed by atoms with van der Waals surface area (Å²) in [7, 11) is 0. The molecule has 0 aromatic rings. The van der Waals surface area contributed by atoms with Crippen molar-refractivity contribution in [1.82, 2.24) is 0 Å². The Balaban J connectivity index is 1.62. The first kappa shape index (κ1) is 12.3. The van der Waals surface area contributed by atoms with Crippen LogP contribution in [0.4, 0.5) is 0 Å². The molecule has 1 heterocycles. The Morgan fingerprint density at radius 1 is 1.50 bits per heavy atom. The number of carbonyl (C=O) groups is 2. The second-order valence-electron chi connectivity index (χ2n) is 5.74. The van der Waals surface area contributed by atoms with Gasteiger partial charge < -0.3 is 9.84 Å². The highest BCUT2D eigenvalue weighted by molar-refractivity contribution is 7.99. The van der Waals surface area contributed by atoms with Crippen molar-refractivity contribution < 1.29 is 19.4 Å². The van der Waals surface area contributed by atoms with E-state index in [9.17, 15) is 9.59 Å². The van der Waals surface area contributed by atoms with Gasteiger partial charge in [-0.05, 0) is 31.6 Å². The summed E-state index contributed by atoms with van der Waals surface area (Å²) in [6, 6.07) is 0. The molecule has 0 aromatic carbocycles. The van der Waals surface area contributed by atoms with Crippen molar-refractivity contribution in [3.8, 4) is 0 Å². The van der Waals surface area contributed by atoms with E-state index in [1.165, 1.54) is 6.42 Å². The highest BCUT2D eigenvalue weighted by Gasteiger charge is 2.59. The van der Waals surface area contributed by atoms with Gasteiger partial charge in [-0.1, -0.05) is 0 Å². The Hall–Kier alpha value is -0.710. The Kier molecular flexibility index (Phi) is 3.04. The van der Waals surface area contributed by atoms with Crippen LogP contribution in [0.15, 0.2) is 0 Å². The molecule has 18 heavy (non-hydrogen) atoms. The summed E-state index contributed by atoms with van der Waals surface area (Å²) in [5.41, 5.74) is -0.180. The summed E-state index contributed by atoms with van der Waals surface area (Å²) in [4.78, 5) is 21.9. The molecule has 2 saturated carbocycles. The van der Waals surface area contributed by atoms with Gasteiger partial charge in [0.05, 0.1) is 6.42 Å². The van der Waals surface area contributed by atoms with Crippen LogP contribution in [0.2, 0.25) is 0 Å². The molecule has 1 spiro atoms. The molecule has 4 atom stereocenters. The lowest BCUT2D eigenvalue weighted by molar-refractivity contribution is -0.152. The smallest absolute Gasteiger partial charge is 0.306 e. The molecule has 0 radical (unpaired) electrons. The minimum Gasteiger partial charge on any atom is -0.481 e. The van der Waals surface area contributed by atoms with E-state index in [0.29, 0.717) is 29.3 Å². The predicted octanol–water partition coefficient (Wildman–Crippen LogP) is 2.07. The van der Waals surface area contributed by atoms with Crippen molar-refractivity contribution in [2.24, 2.45) is 11.8 Å². The Morgan fingerprint density at radius 3 is 2.94 bits per heavy atom. The van der Waals surface area contributed by atoms with Gasteiger partial charge in [-0.2, -0.15) is 11.8 Å². The number of carboxylic acid groups (broad SMARTS) is 1. The standard InChI is InChI=1S/C13H18O4S/c14-11(15)2-4-18-10-6-8-5-9(10)13(7-8)3-1-12(16)17-13/h8-10H,1-7H2,(H,14,15). The quantitative estimate of drug-likeness (QED) is 0.792. The number of aliphatic carboxylic acids is 1. The molecule has 100 valence electrons. The van der Waals surface area contributed by atoms with E-state index in [4.69, 9.17) is 9.84 Å². The molecule has 2 bridgehead atoms. The van der Waals surface area contributed by atoms with Crippen molar-refractivity contribution >= 4 is 23.7 Å². The van der Waals surface area contributed by atoms with Gasteiger partial charge in [0, 0.05) is 23.3 Å². The number of carboxylic acids is 1. The van der Waals surface area contributed by atoms with Crippen LogP contribution in [0.25, 0.3) is 0 Å². The van der Waals surface area contributed by atoms with E-state index in [2.05, 4.69) is 0 Å². The van der Waals surface area contributed by atoms with Crippen LogP contribution in [0.3, 0.4) is 0 Å². The number of esters is 1. The molecule has 4 nitrogen and oxygen atoms in total. The van der Waals surface area contributed by atoms with Gasteiger partial charge in [-0.3, -0.25) is 9.59 Å². The highest BCUT2D eigenvalue weighted by atomic mass is 32.2. The van der Waals surface area contributed by atoms with Crippen LogP contribution in [0.1, 0.15) is 38.5 Å². The minimum absolute atomic E-state index is 0.0446. The van der Waals surface area contributed by atoms with Crippen LogP contribution in [-0.4, -0.2) is 33.6 Å². The van der Waals surface area contributed by atoms with E-state index >= 15 is 0 Å². The Bertz CT molecular complexity index is 383. The third-order valence-electron chi connectivity index (χ3n) is 4.63. The average Bonchev–Trinajstić information content (AvgIpc) is 2.93. The number of hydrogen-bond donors (Lipinski definition) is 1. The molecular weight excluding hydrogens is 252 g/mol. The molecule has 1 saturated heterocycles. The fourth-order valence-electron chi connectivity index (χ4n) is 3.99. The maximum absolute atomic E-state index is 11.4. The van der Waals surface area contributed by atoms with Crippen molar-refractivity contribution in [2.75, 3.05) is 5.75 Å². The van der Waals surface area contributed by atoms with E-state index in [1.54, 1.807) is 11.8 Å². The largest absolute Gasteiger partial charge is 0.481 e. The zero-order valence-corrected chi connectivity index (χ0v) is 11.1. The molecule has 4 unspecified atom stereocenters. The predicted molar refractivity (Wildman–Crippen MR) is 67.4 cm³/mol. The van der Waals surface area contributed by atoms with E-state index in [-0.39, 0.29) is 18.0 Å². The summed E-state index contributed by atoms with van der Waals surface area (Å²) in [6.07, 6.45) is 5.05. The Labute approximate surface area is 110 Å². The molecule has 2 aliphatic carbocycles. The second kappa shape index (κ2) is 4.44. The van der Waals surface area contributed by atoms with Crippen LogP contribution in [0.5, 0.6) is 0 Å². The normalized spacial score (nSPS) is 41.6. The molecule has 3 aliphatic rings. The van der Waals surface area contributed by atoms with E-state index in [1.807, 2.05) is 0 Å². The maximum Gasteiger partial charge on any atom is 0.306 e. The van der Waals surface area contributed by atoms with E-state index in [0.717, 1.165) is 19.3 Å². The van der Waals surface area contributed by atoms with Crippen LogP contribution >= 0.6 is 11.8 Å². The molecule has 3 fully saturated rings. The van der Waals surface area contributed by atoms with Gasteiger partial charge in [0.1, 0.15) is 5.60 Å². The third-order valence-corrected chi connectivity index (χ3v) is 6.02. The van der Waals surface area contributed by atoms with Crippen LogP contribution in [-0.2, 0) is 14.3 Å². The van der Waals surface area contributed by atoms with Crippen molar-refractivity contribution in [1.29, 1.82) is 0 Å². The molecule has 5 heteroatoms. The topological polar surface area (TPSA) is 63.6 Å². The van der Waals surface area contributed by atoms with Gasteiger partial charge in [-0.15, -0.1) is 0 Å². The van der Waals surface area contributed by atoms with Gasteiger partial charge in [0.25, 0.3) is 0 Å². The van der Waals surface area contributed by atoms with Crippen LogP contribution in [0, 0.1) is 11.8 Å². The first-order valence-electron chi connectivity index (χ1n) is 6.64. The highest BCUT2D eigenvalue weighted by Crippen LogP contribution is 2.59. The van der Waals surface area contributed by atoms with Gasteiger partial charge in [0.15, 0.2) is 0 Å². The lowest BCUT2D eigenvalue weighted by Crippen LogP contribution is -2.40. The van der Waals surface area contributed by atoms with Crippen LogP contribution < -0.4 is 0 Å². The van der Waals surface area contributed by atoms with E-state index < -0.39 is 5.97 Å². The monoisotopic (exact) mass is 270 g/mol. The minimum atomic E-state index is -0.729. The number of rotatable bonds is 4. The van der Waals surface area contributed by atoms with Crippen molar-refractivity contribution in [3.63, 3.8) is 0 Å². The lowest BCUT2D eigenvalue weighted by Gasteiger charge is -2.36. The number of hydrogen-bond acceptors (Lipinski definition) is 4.